The maximum atomic E-state index is 5.86. The maximum Gasteiger partial charge on any atom is 0.174 e. The highest BCUT2D eigenvalue weighted by Crippen LogP contribution is 2.20. The molecule has 0 aliphatic heterocycles. The molecule has 100 valence electrons. The molecule has 0 unspecified atom stereocenters. The van der Waals surface area contributed by atoms with Gasteiger partial charge in [-0.1, -0.05) is 29.3 Å². The Labute approximate surface area is 120 Å². The Morgan fingerprint density at radius 3 is 2.84 bits per heavy atom. The van der Waals surface area contributed by atoms with Gasteiger partial charge < -0.3 is 15.8 Å². The van der Waals surface area contributed by atoms with E-state index in [1.54, 1.807) is 18.2 Å². The molecule has 0 saturated heterocycles. The van der Waals surface area contributed by atoms with Crippen LogP contribution in [0.25, 0.3) is 0 Å². The molecule has 7 heteroatoms. The van der Waals surface area contributed by atoms with Crippen LogP contribution in [-0.2, 0) is 0 Å². The molecular weight excluding hydrogens is 287 g/mol. The topological polar surface area (TPSA) is 73.1 Å². The molecule has 0 aliphatic rings. The lowest BCUT2D eigenvalue weighted by Crippen LogP contribution is -2.12. The third kappa shape index (κ3) is 4.15. The van der Waals surface area contributed by atoms with Crippen molar-refractivity contribution in [2.24, 2.45) is 0 Å². The van der Waals surface area contributed by atoms with E-state index in [1.807, 2.05) is 12.1 Å². The van der Waals surface area contributed by atoms with E-state index < -0.39 is 0 Å². The lowest BCUT2D eigenvalue weighted by atomic mass is 10.3. The van der Waals surface area contributed by atoms with Crippen LogP contribution in [0, 0.1) is 0 Å². The molecular formula is C12H12Cl2N4O. The van der Waals surface area contributed by atoms with Gasteiger partial charge in [-0.15, -0.1) is 10.2 Å². The average molecular weight is 299 g/mol. The zero-order chi connectivity index (χ0) is 13.7. The SMILES string of the molecule is Nc1cccc(OCCNc2cc(Cl)nnc2Cl)c1. The summed E-state index contributed by atoms with van der Waals surface area (Å²) < 4.78 is 5.52. The first kappa shape index (κ1) is 13.7. The number of benzene rings is 1. The van der Waals surface area contributed by atoms with Crippen LogP contribution in [-0.4, -0.2) is 23.3 Å². The van der Waals surface area contributed by atoms with Crippen LogP contribution in [0.2, 0.25) is 10.3 Å². The van der Waals surface area contributed by atoms with Gasteiger partial charge in [0.15, 0.2) is 10.3 Å². The molecule has 1 aromatic carbocycles. The van der Waals surface area contributed by atoms with Gasteiger partial charge in [0.2, 0.25) is 0 Å². The van der Waals surface area contributed by atoms with Crippen molar-refractivity contribution in [1.29, 1.82) is 0 Å². The summed E-state index contributed by atoms with van der Waals surface area (Å²) in [6, 6.07) is 8.85. The zero-order valence-electron chi connectivity index (χ0n) is 9.94. The monoisotopic (exact) mass is 298 g/mol. The quantitative estimate of drug-likeness (QED) is 0.656. The van der Waals surface area contributed by atoms with Gasteiger partial charge in [-0.2, -0.15) is 0 Å². The summed E-state index contributed by atoms with van der Waals surface area (Å²) in [7, 11) is 0. The molecule has 2 aromatic rings. The van der Waals surface area contributed by atoms with Crippen LogP contribution in [0.4, 0.5) is 11.4 Å². The maximum absolute atomic E-state index is 5.86. The van der Waals surface area contributed by atoms with E-state index in [0.717, 1.165) is 5.75 Å². The summed E-state index contributed by atoms with van der Waals surface area (Å²) in [5.41, 5.74) is 6.94. The molecule has 1 heterocycles. The number of nitrogen functional groups attached to an aromatic ring is 1. The molecule has 3 N–H and O–H groups in total. The van der Waals surface area contributed by atoms with Crippen molar-refractivity contribution < 1.29 is 4.74 Å². The number of rotatable bonds is 5. The molecule has 0 fully saturated rings. The minimum atomic E-state index is 0.272. The molecule has 19 heavy (non-hydrogen) atoms. The summed E-state index contributed by atoms with van der Waals surface area (Å²) in [5, 5.41) is 10.9. The summed E-state index contributed by atoms with van der Waals surface area (Å²) in [6.07, 6.45) is 0. The van der Waals surface area contributed by atoms with Crippen molar-refractivity contribution in [3.8, 4) is 5.75 Å². The Bertz CT molecular complexity index is 565. The molecule has 0 bridgehead atoms. The van der Waals surface area contributed by atoms with E-state index in [4.69, 9.17) is 33.7 Å². The third-order valence-corrected chi connectivity index (χ3v) is 2.73. The van der Waals surface area contributed by atoms with Crippen molar-refractivity contribution in [2.45, 2.75) is 0 Å². The number of anilines is 2. The van der Waals surface area contributed by atoms with Gasteiger partial charge in [0.1, 0.15) is 12.4 Å². The Hall–Kier alpha value is -1.72. The molecule has 1 aromatic heterocycles. The van der Waals surface area contributed by atoms with Crippen LogP contribution < -0.4 is 15.8 Å². The molecule has 0 spiro atoms. The highest BCUT2D eigenvalue weighted by atomic mass is 35.5. The van der Waals surface area contributed by atoms with Crippen molar-refractivity contribution in [1.82, 2.24) is 10.2 Å². The molecule has 0 aliphatic carbocycles. The van der Waals surface area contributed by atoms with E-state index in [-0.39, 0.29) is 10.3 Å². The average Bonchev–Trinajstić information content (AvgIpc) is 2.39. The van der Waals surface area contributed by atoms with E-state index in [9.17, 15) is 0 Å². The molecule has 5 nitrogen and oxygen atoms in total. The van der Waals surface area contributed by atoms with Crippen molar-refractivity contribution >= 4 is 34.6 Å². The number of nitrogens with two attached hydrogens (primary N) is 1. The minimum absolute atomic E-state index is 0.272. The van der Waals surface area contributed by atoms with E-state index in [1.165, 1.54) is 0 Å². The van der Waals surface area contributed by atoms with Crippen LogP contribution >= 0.6 is 23.2 Å². The largest absolute Gasteiger partial charge is 0.492 e. The second-order valence-corrected chi connectivity index (χ2v) is 4.46. The molecule has 0 amide bonds. The normalized spacial score (nSPS) is 10.2. The predicted octanol–water partition coefficient (Wildman–Crippen LogP) is 2.86. The number of nitrogens with zero attached hydrogens (tertiary/aromatic N) is 2. The summed E-state index contributed by atoms with van der Waals surface area (Å²) in [6.45, 7) is 1.01. The lowest BCUT2D eigenvalue weighted by Gasteiger charge is -2.09. The molecule has 0 atom stereocenters. The van der Waals surface area contributed by atoms with Crippen LogP contribution in [0.1, 0.15) is 0 Å². The Morgan fingerprint density at radius 2 is 2.05 bits per heavy atom. The Morgan fingerprint density at radius 1 is 1.21 bits per heavy atom. The fourth-order valence-electron chi connectivity index (χ4n) is 1.44. The minimum Gasteiger partial charge on any atom is -0.492 e. The number of halogens is 2. The van der Waals surface area contributed by atoms with Crippen molar-refractivity contribution in [2.75, 3.05) is 24.2 Å². The van der Waals surface area contributed by atoms with Gasteiger partial charge in [-0.05, 0) is 12.1 Å². The van der Waals surface area contributed by atoms with E-state index in [2.05, 4.69) is 15.5 Å². The third-order valence-electron chi connectivity index (χ3n) is 2.26. The Kier molecular flexibility index (Phi) is 4.65. The second kappa shape index (κ2) is 6.45. The van der Waals surface area contributed by atoms with Gasteiger partial charge in [0.25, 0.3) is 0 Å². The highest BCUT2D eigenvalue weighted by Gasteiger charge is 2.03. The van der Waals surface area contributed by atoms with E-state index in [0.29, 0.717) is 24.5 Å². The first-order valence-electron chi connectivity index (χ1n) is 5.56. The summed E-state index contributed by atoms with van der Waals surface area (Å²) >= 11 is 11.6. The van der Waals surface area contributed by atoms with Gasteiger partial charge in [-0.25, -0.2) is 0 Å². The summed E-state index contributed by atoms with van der Waals surface area (Å²) in [5.74, 6) is 0.721. The number of hydrogen-bond acceptors (Lipinski definition) is 5. The second-order valence-electron chi connectivity index (χ2n) is 3.72. The van der Waals surface area contributed by atoms with E-state index >= 15 is 0 Å². The highest BCUT2D eigenvalue weighted by molar-refractivity contribution is 6.33. The van der Waals surface area contributed by atoms with Gasteiger partial charge in [-0.3, -0.25) is 0 Å². The molecule has 2 rings (SSSR count). The van der Waals surface area contributed by atoms with Crippen LogP contribution in [0.5, 0.6) is 5.75 Å². The lowest BCUT2D eigenvalue weighted by molar-refractivity contribution is 0.333. The predicted molar refractivity (Wildman–Crippen MR) is 76.9 cm³/mol. The first-order valence-corrected chi connectivity index (χ1v) is 6.31. The Balaban J connectivity index is 1.82. The number of aromatic nitrogens is 2. The van der Waals surface area contributed by atoms with Crippen LogP contribution in [0.3, 0.4) is 0 Å². The molecule has 0 radical (unpaired) electrons. The summed E-state index contributed by atoms with van der Waals surface area (Å²) in [4.78, 5) is 0. The van der Waals surface area contributed by atoms with Gasteiger partial charge in [0, 0.05) is 24.4 Å². The number of ether oxygens (including phenoxy) is 1. The molecule has 0 saturated carbocycles. The number of nitrogens with one attached hydrogen (secondary N) is 1. The van der Waals surface area contributed by atoms with Crippen LogP contribution in [0.15, 0.2) is 30.3 Å². The smallest absolute Gasteiger partial charge is 0.174 e. The zero-order valence-corrected chi connectivity index (χ0v) is 11.4. The fraction of sp³-hybridized carbons (Fsp3) is 0.167. The van der Waals surface area contributed by atoms with Gasteiger partial charge >= 0.3 is 0 Å². The van der Waals surface area contributed by atoms with Crippen molar-refractivity contribution in [3.05, 3.63) is 40.6 Å². The van der Waals surface area contributed by atoms with Crippen molar-refractivity contribution in [3.63, 3.8) is 0 Å². The first-order chi connectivity index (χ1) is 9.15. The van der Waals surface area contributed by atoms with Gasteiger partial charge in [0.05, 0.1) is 5.69 Å². The standard InChI is InChI=1S/C12H12Cl2N4O/c13-11-7-10(12(14)18-17-11)16-4-5-19-9-3-1-2-8(15)6-9/h1-3,6-7H,4-5,15H2,(H,16,17). The number of hydrogen-bond donors (Lipinski definition) is 2. The fourth-order valence-corrected chi connectivity index (χ4v) is 1.74.